The van der Waals surface area contributed by atoms with Gasteiger partial charge in [0.25, 0.3) is 11.8 Å². The highest BCUT2D eigenvalue weighted by Gasteiger charge is 2.55. The molecule has 2 aliphatic heterocycles. The summed E-state index contributed by atoms with van der Waals surface area (Å²) in [6.07, 6.45) is 0.397. The molecular weight excluding hydrogens is 380 g/mol. The number of amides is 4. The van der Waals surface area contributed by atoms with Crippen LogP contribution in [0.15, 0.2) is 24.3 Å². The second kappa shape index (κ2) is 8.18. The summed E-state index contributed by atoms with van der Waals surface area (Å²) >= 11 is 0. The number of nitrogens with one attached hydrogen (secondary N) is 1. The molecule has 29 heavy (non-hydrogen) atoms. The van der Waals surface area contributed by atoms with Crippen LogP contribution in [0.5, 0.6) is 5.75 Å². The molecule has 10 heteroatoms. The number of para-hydroxylation sites is 1. The quantitative estimate of drug-likeness (QED) is 0.531. The van der Waals surface area contributed by atoms with E-state index in [1.54, 1.807) is 24.3 Å². The number of likely N-dealkylation sites (N-methyl/N-ethyl adjacent to an activating group) is 1. The molecule has 4 amide bonds. The molecule has 0 saturated carbocycles. The molecule has 3 rings (SSSR count). The van der Waals surface area contributed by atoms with E-state index < -0.39 is 42.5 Å². The van der Waals surface area contributed by atoms with E-state index in [2.05, 4.69) is 5.32 Å². The Hall–Kier alpha value is -3.61. The van der Waals surface area contributed by atoms with E-state index in [9.17, 15) is 19.2 Å². The fourth-order valence-electron chi connectivity index (χ4n) is 3.29. The first-order valence-corrected chi connectivity index (χ1v) is 9.02. The van der Waals surface area contributed by atoms with Crippen molar-refractivity contribution in [2.45, 2.75) is 18.4 Å². The van der Waals surface area contributed by atoms with Crippen molar-refractivity contribution in [1.29, 1.82) is 5.26 Å². The Morgan fingerprint density at radius 1 is 1.38 bits per heavy atom. The number of hydrogen-bond donors (Lipinski definition) is 1. The zero-order valence-corrected chi connectivity index (χ0v) is 15.8. The maximum Gasteiger partial charge on any atom is 0.326 e. The Morgan fingerprint density at radius 3 is 2.90 bits per heavy atom. The van der Waals surface area contributed by atoms with E-state index in [-0.39, 0.29) is 26.0 Å². The van der Waals surface area contributed by atoms with E-state index >= 15 is 0 Å². The van der Waals surface area contributed by atoms with Gasteiger partial charge in [0, 0.05) is 25.6 Å². The van der Waals surface area contributed by atoms with E-state index in [1.165, 1.54) is 11.9 Å². The van der Waals surface area contributed by atoms with Gasteiger partial charge in [0.15, 0.2) is 12.1 Å². The van der Waals surface area contributed by atoms with E-state index in [4.69, 9.17) is 14.7 Å². The van der Waals surface area contributed by atoms with Crippen LogP contribution in [0.3, 0.4) is 0 Å². The average Bonchev–Trinajstić information content (AvgIpc) is 2.95. The number of nitriles is 1. The van der Waals surface area contributed by atoms with Crippen LogP contribution in [-0.2, 0) is 24.7 Å². The molecular formula is C19H20N4O6. The molecule has 1 fully saturated rings. The van der Waals surface area contributed by atoms with Crippen LogP contribution in [0.4, 0.5) is 4.79 Å². The van der Waals surface area contributed by atoms with Gasteiger partial charge in [0.2, 0.25) is 0 Å². The highest BCUT2D eigenvalue weighted by Crippen LogP contribution is 2.40. The fraction of sp³-hybridized carbons (Fsp3) is 0.421. The molecule has 0 aliphatic carbocycles. The number of carbonyl (C=O) groups is 4. The minimum absolute atomic E-state index is 0.159. The highest BCUT2D eigenvalue weighted by molar-refractivity contribution is 6.09. The predicted octanol–water partition coefficient (Wildman–Crippen LogP) is 0.131. The third-order valence-electron chi connectivity index (χ3n) is 4.89. The number of rotatable bonds is 6. The Labute approximate surface area is 166 Å². The molecule has 152 valence electrons. The molecule has 1 N–H and O–H groups in total. The van der Waals surface area contributed by atoms with Crippen LogP contribution in [-0.4, -0.2) is 67.0 Å². The first-order valence-electron chi connectivity index (χ1n) is 9.02. The summed E-state index contributed by atoms with van der Waals surface area (Å²) < 4.78 is 10.4. The summed E-state index contributed by atoms with van der Waals surface area (Å²) in [5, 5.41) is 11.2. The van der Waals surface area contributed by atoms with Gasteiger partial charge in [-0.05, 0) is 6.07 Å². The summed E-state index contributed by atoms with van der Waals surface area (Å²) in [7, 11) is 1.48. The van der Waals surface area contributed by atoms with Crippen LogP contribution in [0.2, 0.25) is 0 Å². The molecule has 1 aromatic carbocycles. The monoisotopic (exact) mass is 400 g/mol. The number of fused-ring (bicyclic) bond motifs is 2. The van der Waals surface area contributed by atoms with Crippen molar-refractivity contribution < 1.29 is 28.7 Å². The van der Waals surface area contributed by atoms with Crippen molar-refractivity contribution >= 4 is 23.8 Å². The Morgan fingerprint density at radius 2 is 2.14 bits per heavy atom. The number of benzene rings is 1. The molecule has 2 heterocycles. The molecule has 0 aromatic heterocycles. The van der Waals surface area contributed by atoms with Crippen molar-refractivity contribution in [2.24, 2.45) is 0 Å². The van der Waals surface area contributed by atoms with Crippen LogP contribution in [0.1, 0.15) is 18.4 Å². The molecule has 0 radical (unpaired) electrons. The Balaban J connectivity index is 1.64. The molecule has 1 aromatic rings. The first-order chi connectivity index (χ1) is 13.9. The molecule has 1 atom stereocenters. The summed E-state index contributed by atoms with van der Waals surface area (Å²) in [5.41, 5.74) is -0.741. The standard InChI is InChI=1S/C19H20N4O6/c1-22(9-4-8-20)15(24)12-29-16(25)11-23-17(26)19(21-18(23)27)7-10-28-14-6-3-2-5-13(14)19/h2-3,5-6H,4,7,9-12H2,1H3,(H,21,27)/t19-/m1/s1. The lowest BCUT2D eigenvalue weighted by Crippen LogP contribution is -2.47. The number of imide groups is 1. The number of hydrogen-bond acceptors (Lipinski definition) is 7. The minimum Gasteiger partial charge on any atom is -0.493 e. The summed E-state index contributed by atoms with van der Waals surface area (Å²) in [5.74, 6) is -1.43. The van der Waals surface area contributed by atoms with E-state index in [1.807, 2.05) is 6.07 Å². The smallest absolute Gasteiger partial charge is 0.326 e. The molecule has 10 nitrogen and oxygen atoms in total. The fourth-order valence-corrected chi connectivity index (χ4v) is 3.29. The van der Waals surface area contributed by atoms with Gasteiger partial charge < -0.3 is 19.7 Å². The third kappa shape index (κ3) is 3.85. The first kappa shape index (κ1) is 20.1. The maximum atomic E-state index is 13.0. The lowest BCUT2D eigenvalue weighted by molar-refractivity contribution is -0.153. The lowest BCUT2D eigenvalue weighted by atomic mass is 9.84. The second-order valence-corrected chi connectivity index (χ2v) is 6.71. The molecule has 0 unspecified atom stereocenters. The number of ether oxygens (including phenoxy) is 2. The van der Waals surface area contributed by atoms with Gasteiger partial charge in [-0.3, -0.25) is 19.3 Å². The van der Waals surface area contributed by atoms with E-state index in [0.29, 0.717) is 11.3 Å². The Bertz CT molecular complexity index is 895. The van der Waals surface area contributed by atoms with Gasteiger partial charge in [-0.15, -0.1) is 0 Å². The average molecular weight is 400 g/mol. The number of urea groups is 1. The molecule has 2 aliphatic rings. The van der Waals surface area contributed by atoms with Crippen LogP contribution in [0, 0.1) is 11.3 Å². The van der Waals surface area contributed by atoms with Crippen molar-refractivity contribution in [1.82, 2.24) is 15.1 Å². The van der Waals surface area contributed by atoms with Crippen LogP contribution in [0.25, 0.3) is 0 Å². The van der Waals surface area contributed by atoms with Crippen LogP contribution < -0.4 is 10.1 Å². The normalized spacial score (nSPS) is 19.8. The van der Waals surface area contributed by atoms with Gasteiger partial charge in [-0.2, -0.15) is 5.26 Å². The third-order valence-corrected chi connectivity index (χ3v) is 4.89. The van der Waals surface area contributed by atoms with Gasteiger partial charge in [-0.25, -0.2) is 4.79 Å². The van der Waals surface area contributed by atoms with E-state index in [0.717, 1.165) is 4.90 Å². The molecule has 1 saturated heterocycles. The summed E-state index contributed by atoms with van der Waals surface area (Å²) in [6, 6.07) is 8.11. The predicted molar refractivity (Wildman–Crippen MR) is 97.3 cm³/mol. The Kier molecular flexibility index (Phi) is 5.68. The minimum atomic E-state index is -1.28. The highest BCUT2D eigenvalue weighted by atomic mass is 16.5. The molecule has 0 bridgehead atoms. The number of carbonyl (C=O) groups excluding carboxylic acids is 4. The molecule has 1 spiro atoms. The number of nitrogens with zero attached hydrogens (tertiary/aromatic N) is 3. The van der Waals surface area contributed by atoms with Gasteiger partial charge in [0.05, 0.1) is 19.1 Å². The second-order valence-electron chi connectivity index (χ2n) is 6.71. The van der Waals surface area contributed by atoms with Crippen molar-refractivity contribution in [2.75, 3.05) is 33.4 Å². The van der Waals surface area contributed by atoms with Crippen molar-refractivity contribution in [3.8, 4) is 11.8 Å². The lowest BCUT2D eigenvalue weighted by Gasteiger charge is -2.33. The number of esters is 1. The topological polar surface area (TPSA) is 129 Å². The van der Waals surface area contributed by atoms with Crippen LogP contribution >= 0.6 is 0 Å². The zero-order chi connectivity index (χ0) is 21.0. The maximum absolute atomic E-state index is 13.0. The SMILES string of the molecule is CN(CCC#N)C(=O)COC(=O)CN1C(=O)N[C@@]2(CCOc3ccccc32)C1=O. The van der Waals surface area contributed by atoms with Crippen molar-refractivity contribution in [3.63, 3.8) is 0 Å². The van der Waals surface area contributed by atoms with Gasteiger partial charge in [-0.1, -0.05) is 18.2 Å². The largest absolute Gasteiger partial charge is 0.493 e. The van der Waals surface area contributed by atoms with Crippen molar-refractivity contribution in [3.05, 3.63) is 29.8 Å². The van der Waals surface area contributed by atoms with Gasteiger partial charge >= 0.3 is 12.0 Å². The zero-order valence-electron chi connectivity index (χ0n) is 15.8. The van der Waals surface area contributed by atoms with Gasteiger partial charge in [0.1, 0.15) is 12.3 Å². The summed E-state index contributed by atoms with van der Waals surface area (Å²) in [4.78, 5) is 51.5. The summed E-state index contributed by atoms with van der Waals surface area (Å²) in [6.45, 7) is -0.689.